The highest BCUT2D eigenvalue weighted by molar-refractivity contribution is 5.65. The molecule has 0 saturated heterocycles. The van der Waals surface area contributed by atoms with Gasteiger partial charge < -0.3 is 5.11 Å². The molecule has 0 saturated carbocycles. The fourth-order valence-electron chi connectivity index (χ4n) is 1.28. The molecule has 0 unspecified atom stereocenters. The fraction of sp³-hybridized carbons (Fsp3) is 0.273. The van der Waals surface area contributed by atoms with Gasteiger partial charge in [-0.25, -0.2) is 0 Å². The van der Waals surface area contributed by atoms with E-state index in [1.54, 1.807) is 0 Å². The molecule has 1 nitrogen and oxygen atoms in total. The molecule has 0 fully saturated rings. The van der Waals surface area contributed by atoms with E-state index in [0.717, 1.165) is 23.8 Å². The van der Waals surface area contributed by atoms with Crippen molar-refractivity contribution in [1.29, 1.82) is 0 Å². The third-order valence-electron chi connectivity index (χ3n) is 2.02. The maximum Gasteiger partial charge on any atom is 0.0826 e. The van der Waals surface area contributed by atoms with Crippen LogP contribution in [0.2, 0.25) is 0 Å². The first-order chi connectivity index (χ1) is 5.79. The molecule has 1 rings (SSSR count). The van der Waals surface area contributed by atoms with Crippen LogP contribution in [0.1, 0.15) is 25.0 Å². The van der Waals surface area contributed by atoms with Gasteiger partial charge in [0.1, 0.15) is 0 Å². The summed E-state index contributed by atoms with van der Waals surface area (Å²) in [5, 5.41) is 8.85. The zero-order chi connectivity index (χ0) is 8.97. The summed E-state index contributed by atoms with van der Waals surface area (Å²) < 4.78 is 0. The number of rotatable bonds is 2. The lowest BCUT2D eigenvalue weighted by molar-refractivity contribution is 0.475. The Bertz CT molecular complexity index is 287. The van der Waals surface area contributed by atoms with Gasteiger partial charge >= 0.3 is 0 Å². The normalized spacial score (nSPS) is 11.7. The lowest BCUT2D eigenvalue weighted by atomic mass is 10.0. The second-order valence-corrected chi connectivity index (χ2v) is 2.82. The molecule has 1 aromatic rings. The molecule has 0 amide bonds. The maximum atomic E-state index is 8.85. The predicted molar refractivity (Wildman–Crippen MR) is 52.1 cm³/mol. The average molecular weight is 162 g/mol. The number of aryl methyl sites for hydroxylation is 1. The lowest BCUT2D eigenvalue weighted by Crippen LogP contribution is -1.88. The van der Waals surface area contributed by atoms with E-state index in [-0.39, 0.29) is 0 Å². The van der Waals surface area contributed by atoms with E-state index in [1.807, 2.05) is 25.1 Å². The smallest absolute Gasteiger partial charge is 0.0826 e. The Hall–Kier alpha value is -1.24. The zero-order valence-corrected chi connectivity index (χ0v) is 7.54. The molecule has 12 heavy (non-hydrogen) atoms. The summed E-state index contributed by atoms with van der Waals surface area (Å²) >= 11 is 0. The molecule has 0 bridgehead atoms. The van der Waals surface area contributed by atoms with Gasteiger partial charge in [-0.15, -0.1) is 0 Å². The van der Waals surface area contributed by atoms with Crippen LogP contribution < -0.4 is 0 Å². The van der Waals surface area contributed by atoms with E-state index in [2.05, 4.69) is 13.0 Å². The van der Waals surface area contributed by atoms with Crippen molar-refractivity contribution in [2.45, 2.75) is 20.3 Å². The molecule has 0 aliphatic heterocycles. The van der Waals surface area contributed by atoms with Crippen molar-refractivity contribution < 1.29 is 5.11 Å². The van der Waals surface area contributed by atoms with Gasteiger partial charge in [0.2, 0.25) is 0 Å². The summed E-state index contributed by atoms with van der Waals surface area (Å²) in [5.41, 5.74) is 3.34. The molecule has 0 aliphatic carbocycles. The van der Waals surface area contributed by atoms with Crippen LogP contribution in [-0.2, 0) is 6.42 Å². The van der Waals surface area contributed by atoms with E-state index in [4.69, 9.17) is 5.11 Å². The monoisotopic (exact) mass is 162 g/mol. The molecule has 0 heterocycles. The molecule has 64 valence electrons. The van der Waals surface area contributed by atoms with Crippen molar-refractivity contribution >= 4 is 5.57 Å². The molecule has 0 radical (unpaired) electrons. The van der Waals surface area contributed by atoms with Crippen molar-refractivity contribution in [1.82, 2.24) is 0 Å². The maximum absolute atomic E-state index is 8.85. The van der Waals surface area contributed by atoms with Crippen molar-refractivity contribution in [3.63, 3.8) is 0 Å². The van der Waals surface area contributed by atoms with Crippen molar-refractivity contribution in [2.75, 3.05) is 0 Å². The van der Waals surface area contributed by atoms with Crippen LogP contribution in [0.5, 0.6) is 0 Å². The number of aliphatic hydroxyl groups excluding tert-OH is 1. The van der Waals surface area contributed by atoms with E-state index in [1.165, 1.54) is 5.56 Å². The highest BCUT2D eigenvalue weighted by Gasteiger charge is 2.00. The summed E-state index contributed by atoms with van der Waals surface area (Å²) in [6, 6.07) is 8.12. The Kier molecular flexibility index (Phi) is 2.92. The van der Waals surface area contributed by atoms with E-state index in [9.17, 15) is 0 Å². The van der Waals surface area contributed by atoms with Crippen LogP contribution in [0.4, 0.5) is 0 Å². The highest BCUT2D eigenvalue weighted by atomic mass is 16.2. The summed E-state index contributed by atoms with van der Waals surface area (Å²) in [5.74, 6) is 0. The van der Waals surface area contributed by atoms with Crippen molar-refractivity contribution in [3.8, 4) is 0 Å². The Morgan fingerprint density at radius 2 is 2.08 bits per heavy atom. The summed E-state index contributed by atoms with van der Waals surface area (Å²) in [7, 11) is 0. The van der Waals surface area contributed by atoms with Crippen LogP contribution in [0, 0.1) is 0 Å². The van der Waals surface area contributed by atoms with Gasteiger partial charge in [-0.2, -0.15) is 0 Å². The van der Waals surface area contributed by atoms with Gasteiger partial charge in [0.05, 0.1) is 6.26 Å². The zero-order valence-electron chi connectivity index (χ0n) is 7.54. The summed E-state index contributed by atoms with van der Waals surface area (Å²) in [6.45, 7) is 4.03. The first kappa shape index (κ1) is 8.85. The van der Waals surface area contributed by atoms with Gasteiger partial charge in [0, 0.05) is 0 Å². The molecule has 0 aromatic heterocycles. The lowest BCUT2D eigenvalue weighted by Gasteiger charge is -2.05. The quantitative estimate of drug-likeness (QED) is 0.662. The Labute approximate surface area is 73.4 Å². The second-order valence-electron chi connectivity index (χ2n) is 2.82. The third kappa shape index (κ3) is 1.67. The first-order valence-corrected chi connectivity index (χ1v) is 4.18. The number of hydrogen-bond donors (Lipinski definition) is 1. The van der Waals surface area contributed by atoms with E-state index in [0.29, 0.717) is 0 Å². The van der Waals surface area contributed by atoms with Gasteiger partial charge in [0.15, 0.2) is 0 Å². The summed E-state index contributed by atoms with van der Waals surface area (Å²) in [4.78, 5) is 0. The molecule has 0 spiro atoms. The molecule has 1 aromatic carbocycles. The largest absolute Gasteiger partial charge is 0.515 e. The standard InChI is InChI=1S/C11H14O/c1-3-10-6-4-5-7-11(10)9(2)8-12/h4-8,12H,3H2,1-2H3/b9-8+. The van der Waals surface area contributed by atoms with Crippen molar-refractivity contribution in [2.24, 2.45) is 0 Å². The Balaban J connectivity index is 3.13. The molecule has 0 aliphatic rings. The fourth-order valence-corrected chi connectivity index (χ4v) is 1.28. The van der Waals surface area contributed by atoms with Crippen LogP contribution in [0.3, 0.4) is 0 Å². The summed E-state index contributed by atoms with van der Waals surface area (Å²) in [6.07, 6.45) is 2.16. The van der Waals surface area contributed by atoms with Crippen molar-refractivity contribution in [3.05, 3.63) is 41.7 Å². The minimum absolute atomic E-state index is 0.924. The number of allylic oxidation sites excluding steroid dienone is 1. The number of benzene rings is 1. The molecular weight excluding hydrogens is 148 g/mol. The SMILES string of the molecule is CCc1ccccc1/C(C)=C/O. The van der Waals surface area contributed by atoms with E-state index >= 15 is 0 Å². The highest BCUT2D eigenvalue weighted by Crippen LogP contribution is 2.18. The van der Waals surface area contributed by atoms with Crippen LogP contribution >= 0.6 is 0 Å². The van der Waals surface area contributed by atoms with Gasteiger partial charge in [0.25, 0.3) is 0 Å². The molecule has 1 heteroatoms. The minimum atomic E-state index is 0.924. The van der Waals surface area contributed by atoms with Gasteiger partial charge in [-0.05, 0) is 30.0 Å². The Morgan fingerprint density at radius 1 is 1.42 bits per heavy atom. The van der Waals surface area contributed by atoms with Crippen LogP contribution in [0.25, 0.3) is 5.57 Å². The number of hydrogen-bond acceptors (Lipinski definition) is 1. The average Bonchev–Trinajstić information content (AvgIpc) is 2.16. The molecule has 1 N–H and O–H groups in total. The van der Waals surface area contributed by atoms with Crippen LogP contribution in [-0.4, -0.2) is 5.11 Å². The minimum Gasteiger partial charge on any atom is -0.515 e. The topological polar surface area (TPSA) is 20.2 Å². The molecule has 0 atom stereocenters. The Morgan fingerprint density at radius 3 is 2.67 bits per heavy atom. The number of aliphatic hydroxyl groups is 1. The molecular formula is C11H14O. The van der Waals surface area contributed by atoms with E-state index < -0.39 is 0 Å². The third-order valence-corrected chi connectivity index (χ3v) is 2.02. The van der Waals surface area contributed by atoms with Gasteiger partial charge in [-0.1, -0.05) is 31.2 Å². The second kappa shape index (κ2) is 3.96. The van der Waals surface area contributed by atoms with Gasteiger partial charge in [-0.3, -0.25) is 0 Å². The first-order valence-electron chi connectivity index (χ1n) is 4.18. The predicted octanol–water partition coefficient (Wildman–Crippen LogP) is 3.17. The van der Waals surface area contributed by atoms with Crippen LogP contribution in [0.15, 0.2) is 30.5 Å².